The van der Waals surface area contributed by atoms with E-state index >= 15 is 0 Å². The van der Waals surface area contributed by atoms with Crippen molar-refractivity contribution >= 4 is 29.9 Å². The topological polar surface area (TPSA) is 64.1 Å². The van der Waals surface area contributed by atoms with Gasteiger partial charge in [-0.15, -0.1) is 24.0 Å². The van der Waals surface area contributed by atoms with E-state index in [4.69, 9.17) is 14.2 Å². The lowest BCUT2D eigenvalue weighted by Crippen LogP contribution is -2.39. The third kappa shape index (κ3) is 8.09. The average Bonchev–Trinajstić information content (AvgIpc) is 3.14. The number of aliphatic imine (C=N–C) groups is 1. The van der Waals surface area contributed by atoms with Crippen LogP contribution < -0.4 is 15.4 Å². The average molecular weight is 477 g/mol. The van der Waals surface area contributed by atoms with E-state index in [1.165, 1.54) is 5.56 Å². The standard InChI is InChI=1S/C19H31N3O3.HI/c1-15-5-6-16(13-18(15)23-3)7-10-22-19(20-2)21-9-4-11-25-17-8-12-24-14-17;/h5-6,13,17H,4,7-12,14H2,1-3H3,(H2,20,21,22);1H. The van der Waals surface area contributed by atoms with E-state index in [-0.39, 0.29) is 30.1 Å². The van der Waals surface area contributed by atoms with Gasteiger partial charge in [-0.3, -0.25) is 4.99 Å². The van der Waals surface area contributed by atoms with Crippen LogP contribution in [0.5, 0.6) is 5.75 Å². The number of methoxy groups -OCH3 is 1. The lowest BCUT2D eigenvalue weighted by Gasteiger charge is -2.13. The fourth-order valence-electron chi connectivity index (χ4n) is 2.74. The predicted octanol–water partition coefficient (Wildman–Crippen LogP) is 2.52. The van der Waals surface area contributed by atoms with E-state index in [0.717, 1.165) is 69.4 Å². The van der Waals surface area contributed by atoms with E-state index in [0.29, 0.717) is 0 Å². The van der Waals surface area contributed by atoms with E-state index in [9.17, 15) is 0 Å². The summed E-state index contributed by atoms with van der Waals surface area (Å²) in [5.74, 6) is 1.76. The van der Waals surface area contributed by atoms with Crippen molar-refractivity contribution in [2.45, 2.75) is 32.3 Å². The van der Waals surface area contributed by atoms with Crippen LogP contribution in [-0.2, 0) is 15.9 Å². The second kappa shape index (κ2) is 13.2. The van der Waals surface area contributed by atoms with Gasteiger partial charge in [-0.2, -0.15) is 0 Å². The van der Waals surface area contributed by atoms with Crippen molar-refractivity contribution in [3.8, 4) is 5.75 Å². The van der Waals surface area contributed by atoms with Gasteiger partial charge in [0.1, 0.15) is 5.75 Å². The molecule has 26 heavy (non-hydrogen) atoms. The minimum absolute atomic E-state index is 0. The molecular weight excluding hydrogens is 445 g/mol. The summed E-state index contributed by atoms with van der Waals surface area (Å²) in [7, 11) is 3.50. The smallest absolute Gasteiger partial charge is 0.190 e. The zero-order valence-corrected chi connectivity index (χ0v) is 18.4. The predicted molar refractivity (Wildman–Crippen MR) is 116 cm³/mol. The van der Waals surface area contributed by atoms with E-state index in [2.05, 4.69) is 40.7 Å². The monoisotopic (exact) mass is 477 g/mol. The van der Waals surface area contributed by atoms with Crippen molar-refractivity contribution in [2.24, 2.45) is 4.99 Å². The first-order chi connectivity index (χ1) is 12.2. The Kier molecular flexibility index (Phi) is 11.6. The van der Waals surface area contributed by atoms with Crippen molar-refractivity contribution in [1.82, 2.24) is 10.6 Å². The molecule has 1 saturated heterocycles. The highest BCUT2D eigenvalue weighted by Crippen LogP contribution is 2.18. The molecule has 0 aromatic heterocycles. The molecule has 1 aromatic rings. The third-order valence-corrected chi connectivity index (χ3v) is 4.26. The van der Waals surface area contributed by atoms with E-state index in [1.807, 2.05) is 0 Å². The summed E-state index contributed by atoms with van der Waals surface area (Å²) in [4.78, 5) is 4.25. The maximum atomic E-state index is 5.75. The maximum Gasteiger partial charge on any atom is 0.190 e. The molecule has 6 nitrogen and oxygen atoms in total. The third-order valence-electron chi connectivity index (χ3n) is 4.26. The Hall–Kier alpha value is -1.06. The lowest BCUT2D eigenvalue weighted by molar-refractivity contribution is 0.0420. The molecule has 2 rings (SSSR count). The van der Waals surface area contributed by atoms with Gasteiger partial charge in [0, 0.05) is 33.4 Å². The molecule has 0 amide bonds. The van der Waals surface area contributed by atoms with Gasteiger partial charge in [0.15, 0.2) is 5.96 Å². The zero-order chi connectivity index (χ0) is 17.9. The second-order valence-corrected chi connectivity index (χ2v) is 6.19. The van der Waals surface area contributed by atoms with E-state index in [1.54, 1.807) is 14.2 Å². The summed E-state index contributed by atoms with van der Waals surface area (Å²) < 4.78 is 16.4. The van der Waals surface area contributed by atoms with Crippen LogP contribution in [0.25, 0.3) is 0 Å². The van der Waals surface area contributed by atoms with E-state index < -0.39 is 0 Å². The van der Waals surface area contributed by atoms with Crippen LogP contribution in [0.1, 0.15) is 24.0 Å². The normalized spacial score (nSPS) is 16.9. The fraction of sp³-hybridized carbons (Fsp3) is 0.632. The first-order valence-corrected chi connectivity index (χ1v) is 9.00. The highest BCUT2D eigenvalue weighted by molar-refractivity contribution is 14.0. The van der Waals surface area contributed by atoms with Crippen LogP contribution >= 0.6 is 24.0 Å². The largest absolute Gasteiger partial charge is 0.496 e. The molecule has 1 heterocycles. The number of hydrogen-bond donors (Lipinski definition) is 2. The molecule has 2 N–H and O–H groups in total. The number of aryl methyl sites for hydroxylation is 1. The van der Waals surface area contributed by atoms with Gasteiger partial charge >= 0.3 is 0 Å². The Bertz CT molecular complexity index is 549. The highest BCUT2D eigenvalue weighted by Gasteiger charge is 2.15. The summed E-state index contributed by atoms with van der Waals surface area (Å²) in [5.41, 5.74) is 2.40. The molecule has 0 bridgehead atoms. The summed E-state index contributed by atoms with van der Waals surface area (Å²) in [6.45, 7) is 6.03. The molecule has 0 aliphatic carbocycles. The SMILES string of the molecule is CN=C(NCCCOC1CCOC1)NCCc1ccc(C)c(OC)c1.I. The van der Waals surface area contributed by atoms with Gasteiger partial charge in [-0.05, 0) is 43.4 Å². The van der Waals surface area contributed by atoms with Crippen LogP contribution in [0.3, 0.4) is 0 Å². The van der Waals surface area contributed by atoms with Crippen molar-refractivity contribution in [3.05, 3.63) is 29.3 Å². The molecular formula is C19H32IN3O3. The number of nitrogens with zero attached hydrogens (tertiary/aromatic N) is 1. The first-order valence-electron chi connectivity index (χ1n) is 9.00. The number of nitrogens with one attached hydrogen (secondary N) is 2. The summed E-state index contributed by atoms with van der Waals surface area (Å²) in [5, 5.41) is 6.65. The van der Waals surface area contributed by atoms with Crippen LogP contribution in [0, 0.1) is 6.92 Å². The molecule has 1 fully saturated rings. The van der Waals surface area contributed by atoms with Crippen molar-refractivity contribution in [2.75, 3.05) is 47.1 Å². The fourth-order valence-corrected chi connectivity index (χ4v) is 2.74. The number of halogens is 1. The summed E-state index contributed by atoms with van der Waals surface area (Å²) in [6.07, 6.45) is 3.17. The summed E-state index contributed by atoms with van der Waals surface area (Å²) in [6, 6.07) is 6.33. The van der Waals surface area contributed by atoms with Gasteiger partial charge in [0.2, 0.25) is 0 Å². The van der Waals surface area contributed by atoms with Crippen molar-refractivity contribution in [1.29, 1.82) is 0 Å². The Morgan fingerprint density at radius 2 is 2.12 bits per heavy atom. The van der Waals surface area contributed by atoms with Gasteiger partial charge in [-0.1, -0.05) is 12.1 Å². The molecule has 0 radical (unpaired) electrons. The molecule has 1 atom stereocenters. The van der Waals surface area contributed by atoms with Crippen LogP contribution in [0.4, 0.5) is 0 Å². The second-order valence-electron chi connectivity index (χ2n) is 6.19. The summed E-state index contributed by atoms with van der Waals surface area (Å²) >= 11 is 0. The van der Waals surface area contributed by atoms with Gasteiger partial charge in [0.25, 0.3) is 0 Å². The van der Waals surface area contributed by atoms with Crippen molar-refractivity contribution < 1.29 is 14.2 Å². The van der Waals surface area contributed by atoms with Crippen LogP contribution in [0.2, 0.25) is 0 Å². The minimum Gasteiger partial charge on any atom is -0.496 e. The highest BCUT2D eigenvalue weighted by atomic mass is 127. The molecule has 148 valence electrons. The molecule has 0 saturated carbocycles. The number of hydrogen-bond acceptors (Lipinski definition) is 4. The molecule has 1 aromatic carbocycles. The molecule has 1 aliphatic heterocycles. The Morgan fingerprint density at radius 1 is 1.31 bits per heavy atom. The maximum absolute atomic E-state index is 5.75. The number of rotatable bonds is 9. The Labute approximate surface area is 174 Å². The van der Waals surface area contributed by atoms with Gasteiger partial charge in [0.05, 0.1) is 19.8 Å². The van der Waals surface area contributed by atoms with Gasteiger partial charge < -0.3 is 24.8 Å². The molecule has 1 aliphatic rings. The van der Waals surface area contributed by atoms with Crippen molar-refractivity contribution in [3.63, 3.8) is 0 Å². The number of benzene rings is 1. The Morgan fingerprint density at radius 3 is 2.81 bits per heavy atom. The number of ether oxygens (including phenoxy) is 3. The van der Waals surface area contributed by atoms with Gasteiger partial charge in [-0.25, -0.2) is 0 Å². The zero-order valence-electron chi connectivity index (χ0n) is 16.0. The lowest BCUT2D eigenvalue weighted by atomic mass is 10.1. The Balaban J connectivity index is 0.00000338. The minimum atomic E-state index is 0. The van der Waals surface area contributed by atoms with Crippen LogP contribution in [-0.4, -0.2) is 59.1 Å². The van der Waals surface area contributed by atoms with Crippen LogP contribution in [0.15, 0.2) is 23.2 Å². The quantitative estimate of drug-likeness (QED) is 0.248. The molecule has 7 heteroatoms. The molecule has 1 unspecified atom stereocenters. The molecule has 0 spiro atoms. The number of guanidine groups is 1. The first kappa shape index (κ1) is 23.0.